The van der Waals surface area contributed by atoms with Crippen molar-refractivity contribution >= 4 is 22.4 Å². The molecule has 0 saturated carbocycles. The predicted octanol–water partition coefficient (Wildman–Crippen LogP) is 1.97. The van der Waals surface area contributed by atoms with Gasteiger partial charge in [-0.25, -0.2) is 17.5 Å². The molecule has 2 atom stereocenters. The number of aryl methyl sites for hydroxylation is 1. The first-order chi connectivity index (χ1) is 8.92. The summed E-state index contributed by atoms with van der Waals surface area (Å²) in [5, 5.41) is 3.21. The van der Waals surface area contributed by atoms with Crippen LogP contribution >= 0.6 is 12.4 Å². The molecule has 2 rings (SSSR count). The van der Waals surface area contributed by atoms with Gasteiger partial charge in [0, 0.05) is 12.1 Å². The van der Waals surface area contributed by atoms with Crippen LogP contribution in [0.3, 0.4) is 0 Å². The lowest BCUT2D eigenvalue weighted by atomic mass is 10.0. The molecule has 0 bridgehead atoms. The lowest BCUT2D eigenvalue weighted by Crippen LogP contribution is -2.51. The number of halogens is 2. The summed E-state index contributed by atoms with van der Waals surface area (Å²) in [6.07, 6.45) is 1.68. The maximum atomic E-state index is 13.9. The molecule has 1 aromatic rings. The highest BCUT2D eigenvalue weighted by molar-refractivity contribution is 7.89. The average Bonchev–Trinajstić information content (AvgIpc) is 2.35. The molecule has 7 heteroatoms. The highest BCUT2D eigenvalue weighted by Gasteiger charge is 2.28. The van der Waals surface area contributed by atoms with E-state index in [1.807, 2.05) is 6.92 Å². The van der Waals surface area contributed by atoms with Crippen molar-refractivity contribution in [3.63, 3.8) is 0 Å². The molecule has 2 unspecified atom stereocenters. The fourth-order valence-corrected chi connectivity index (χ4v) is 3.80. The van der Waals surface area contributed by atoms with Gasteiger partial charge in [0.25, 0.3) is 0 Å². The Morgan fingerprint density at radius 2 is 2.10 bits per heavy atom. The summed E-state index contributed by atoms with van der Waals surface area (Å²) in [4.78, 5) is -0.273. The minimum absolute atomic E-state index is 0. The molecule has 1 fully saturated rings. The molecule has 1 aliphatic heterocycles. The Morgan fingerprint density at radius 3 is 2.75 bits per heavy atom. The van der Waals surface area contributed by atoms with Gasteiger partial charge in [-0.15, -0.1) is 12.4 Å². The Kier molecular flexibility index (Phi) is 5.94. The summed E-state index contributed by atoms with van der Waals surface area (Å²) in [5.41, 5.74) is 0.331. The number of piperidine rings is 1. The summed E-state index contributed by atoms with van der Waals surface area (Å²) in [6.45, 7) is 4.37. The van der Waals surface area contributed by atoms with Crippen molar-refractivity contribution in [2.75, 3.05) is 6.54 Å². The van der Waals surface area contributed by atoms with Crippen LogP contribution in [-0.4, -0.2) is 27.0 Å². The van der Waals surface area contributed by atoms with Gasteiger partial charge in [-0.3, -0.25) is 0 Å². The van der Waals surface area contributed by atoms with Crippen LogP contribution in [0.15, 0.2) is 23.1 Å². The maximum absolute atomic E-state index is 13.9. The number of benzene rings is 1. The van der Waals surface area contributed by atoms with Gasteiger partial charge in [-0.2, -0.15) is 0 Å². The monoisotopic (exact) mass is 322 g/mol. The Labute approximate surface area is 125 Å². The smallest absolute Gasteiger partial charge is 0.243 e. The summed E-state index contributed by atoms with van der Waals surface area (Å²) in [5.74, 6) is -0.675. The van der Waals surface area contributed by atoms with Gasteiger partial charge in [-0.05, 0) is 44.9 Å². The van der Waals surface area contributed by atoms with Gasteiger partial charge >= 0.3 is 0 Å². The van der Waals surface area contributed by atoms with Crippen molar-refractivity contribution in [3.05, 3.63) is 29.6 Å². The fourth-order valence-electron chi connectivity index (χ4n) is 2.30. The summed E-state index contributed by atoms with van der Waals surface area (Å²) >= 11 is 0. The molecule has 1 heterocycles. The Bertz CT molecular complexity index is 565. The van der Waals surface area contributed by atoms with Crippen LogP contribution in [0.25, 0.3) is 0 Å². The zero-order valence-electron chi connectivity index (χ0n) is 11.5. The van der Waals surface area contributed by atoms with Crippen LogP contribution < -0.4 is 10.0 Å². The molecule has 1 saturated heterocycles. The van der Waals surface area contributed by atoms with Gasteiger partial charge in [-0.1, -0.05) is 12.1 Å². The number of rotatable bonds is 3. The summed E-state index contributed by atoms with van der Waals surface area (Å²) in [6, 6.07) is 4.26. The van der Waals surface area contributed by atoms with E-state index in [1.54, 1.807) is 19.1 Å². The van der Waals surface area contributed by atoms with Crippen LogP contribution in [0.2, 0.25) is 0 Å². The normalized spacial score (nSPS) is 23.1. The fraction of sp³-hybridized carbons (Fsp3) is 0.538. The van der Waals surface area contributed by atoms with Crippen molar-refractivity contribution < 1.29 is 12.8 Å². The number of nitrogens with one attached hydrogen (secondary N) is 2. The van der Waals surface area contributed by atoms with Crippen molar-refractivity contribution in [1.29, 1.82) is 0 Å². The minimum Gasteiger partial charge on any atom is -0.313 e. The topological polar surface area (TPSA) is 58.2 Å². The maximum Gasteiger partial charge on any atom is 0.243 e. The zero-order chi connectivity index (χ0) is 14.0. The quantitative estimate of drug-likeness (QED) is 0.894. The first-order valence-electron chi connectivity index (χ1n) is 6.42. The Hall–Kier alpha value is -0.690. The Balaban J connectivity index is 0.00000200. The van der Waals surface area contributed by atoms with Gasteiger partial charge in [0.1, 0.15) is 10.7 Å². The molecule has 114 valence electrons. The second-order valence-electron chi connectivity index (χ2n) is 5.00. The predicted molar refractivity (Wildman–Crippen MR) is 79.2 cm³/mol. The third kappa shape index (κ3) is 3.69. The molecule has 2 N–H and O–H groups in total. The van der Waals surface area contributed by atoms with Crippen molar-refractivity contribution in [2.24, 2.45) is 0 Å². The minimum atomic E-state index is -3.81. The molecule has 0 aliphatic carbocycles. The number of hydrogen-bond acceptors (Lipinski definition) is 3. The largest absolute Gasteiger partial charge is 0.313 e. The second kappa shape index (κ2) is 6.85. The molecule has 0 radical (unpaired) electrons. The van der Waals surface area contributed by atoms with Crippen LogP contribution in [0, 0.1) is 12.7 Å². The number of sulfonamides is 1. The molecule has 0 spiro atoms. The van der Waals surface area contributed by atoms with E-state index in [-0.39, 0.29) is 29.4 Å². The average molecular weight is 323 g/mol. The van der Waals surface area contributed by atoms with E-state index < -0.39 is 15.8 Å². The standard InChI is InChI=1S/C13H19FN2O2S.ClH/c1-9-5-3-7-12(13(9)14)19(17,18)16-11-6-4-8-15-10(11)2;/h3,5,7,10-11,15-16H,4,6,8H2,1-2H3;1H. The van der Waals surface area contributed by atoms with E-state index in [4.69, 9.17) is 0 Å². The molecule has 0 amide bonds. The van der Waals surface area contributed by atoms with Crippen molar-refractivity contribution in [3.8, 4) is 0 Å². The van der Waals surface area contributed by atoms with E-state index in [9.17, 15) is 12.8 Å². The van der Waals surface area contributed by atoms with Gasteiger partial charge < -0.3 is 5.32 Å². The molecular weight excluding hydrogens is 303 g/mol. The van der Waals surface area contributed by atoms with Gasteiger partial charge in [0.05, 0.1) is 0 Å². The lowest BCUT2D eigenvalue weighted by molar-refractivity contribution is 0.348. The van der Waals surface area contributed by atoms with Crippen LogP contribution in [0.5, 0.6) is 0 Å². The van der Waals surface area contributed by atoms with Crippen molar-refractivity contribution in [2.45, 2.75) is 43.7 Å². The molecule has 1 aromatic carbocycles. The van der Waals surface area contributed by atoms with E-state index in [0.717, 1.165) is 19.4 Å². The Morgan fingerprint density at radius 1 is 1.40 bits per heavy atom. The van der Waals surface area contributed by atoms with Gasteiger partial charge in [0.2, 0.25) is 10.0 Å². The lowest BCUT2D eigenvalue weighted by Gasteiger charge is -2.30. The first kappa shape index (κ1) is 17.4. The summed E-state index contributed by atoms with van der Waals surface area (Å²) < 4.78 is 41.0. The van der Waals surface area contributed by atoms with E-state index in [2.05, 4.69) is 10.0 Å². The first-order valence-corrected chi connectivity index (χ1v) is 7.91. The summed E-state index contributed by atoms with van der Waals surface area (Å²) in [7, 11) is -3.81. The highest BCUT2D eigenvalue weighted by atomic mass is 35.5. The zero-order valence-corrected chi connectivity index (χ0v) is 13.2. The third-order valence-electron chi connectivity index (χ3n) is 3.51. The molecule has 4 nitrogen and oxygen atoms in total. The van der Waals surface area contributed by atoms with Gasteiger partial charge in [0.15, 0.2) is 0 Å². The van der Waals surface area contributed by atoms with E-state index in [1.165, 1.54) is 6.07 Å². The third-order valence-corrected chi connectivity index (χ3v) is 5.02. The molecule has 20 heavy (non-hydrogen) atoms. The van der Waals surface area contributed by atoms with Crippen LogP contribution in [0.1, 0.15) is 25.3 Å². The van der Waals surface area contributed by atoms with Crippen LogP contribution in [0.4, 0.5) is 4.39 Å². The molecule has 0 aromatic heterocycles. The van der Waals surface area contributed by atoms with Crippen molar-refractivity contribution in [1.82, 2.24) is 10.0 Å². The second-order valence-corrected chi connectivity index (χ2v) is 6.68. The molecular formula is C13H20ClFN2O2S. The number of hydrogen-bond donors (Lipinski definition) is 2. The van der Waals surface area contributed by atoms with Crippen LogP contribution in [-0.2, 0) is 10.0 Å². The van der Waals surface area contributed by atoms with E-state index >= 15 is 0 Å². The van der Waals surface area contributed by atoms with E-state index in [0.29, 0.717) is 5.56 Å². The highest BCUT2D eigenvalue weighted by Crippen LogP contribution is 2.19. The molecule has 1 aliphatic rings. The SMILES string of the molecule is Cc1cccc(S(=O)(=O)NC2CCCNC2C)c1F.Cl.